The van der Waals surface area contributed by atoms with Gasteiger partial charge in [0.25, 0.3) is 0 Å². The highest BCUT2D eigenvalue weighted by molar-refractivity contribution is 5.87. The van der Waals surface area contributed by atoms with Gasteiger partial charge in [-0.1, -0.05) is 49.4 Å². The van der Waals surface area contributed by atoms with E-state index in [9.17, 15) is 9.59 Å². The third-order valence-corrected chi connectivity index (χ3v) is 5.46. The van der Waals surface area contributed by atoms with E-state index in [1.165, 1.54) is 18.6 Å². The molecule has 0 aliphatic heterocycles. The zero-order chi connectivity index (χ0) is 20.8. The van der Waals surface area contributed by atoms with Gasteiger partial charge in [-0.2, -0.15) is 0 Å². The number of benzene rings is 2. The number of carbonyl (C=O) groups is 2. The number of hydrogen-bond acceptors (Lipinski definition) is 4. The fourth-order valence-electron chi connectivity index (χ4n) is 4.27. The van der Waals surface area contributed by atoms with Gasteiger partial charge >= 0.3 is 5.97 Å². The molecule has 3 rings (SSSR count). The third kappa shape index (κ3) is 4.86. The molecule has 29 heavy (non-hydrogen) atoms. The van der Waals surface area contributed by atoms with Crippen molar-refractivity contribution in [2.75, 3.05) is 7.11 Å². The maximum Gasteiger partial charge on any atom is 0.308 e. The SMILES string of the molecule is C=CC(=O)NC1CCCC(c2ccc(OC(C)=O)c(OC)c2)C1c1ccccc1. The van der Waals surface area contributed by atoms with Gasteiger partial charge in [-0.25, -0.2) is 0 Å². The Balaban J connectivity index is 1.99. The molecule has 1 N–H and O–H groups in total. The van der Waals surface area contributed by atoms with Crippen molar-refractivity contribution in [2.24, 2.45) is 0 Å². The standard InChI is InChI=1S/C24H27NO4/c1-4-23(27)25-20-12-8-11-19(24(20)17-9-6-5-7-10-17)18-13-14-21(29-16(2)26)22(15-18)28-3/h4-7,9-10,13-15,19-20,24H,1,8,11-12H2,2-3H3,(H,25,27). The van der Waals surface area contributed by atoms with E-state index in [-0.39, 0.29) is 29.8 Å². The molecule has 3 atom stereocenters. The van der Waals surface area contributed by atoms with Crippen LogP contribution in [0.4, 0.5) is 0 Å². The molecule has 5 heteroatoms. The molecule has 0 bridgehead atoms. The Labute approximate surface area is 171 Å². The Hall–Kier alpha value is -3.08. The molecular formula is C24H27NO4. The second-order valence-corrected chi connectivity index (χ2v) is 7.30. The van der Waals surface area contributed by atoms with Crippen LogP contribution in [0.15, 0.2) is 61.2 Å². The summed E-state index contributed by atoms with van der Waals surface area (Å²) in [5.41, 5.74) is 2.29. The molecule has 3 unspecified atom stereocenters. The Kier molecular flexibility index (Phi) is 6.70. The number of methoxy groups -OCH3 is 1. The molecule has 2 aromatic carbocycles. The first-order valence-corrected chi connectivity index (χ1v) is 9.87. The lowest BCUT2D eigenvalue weighted by Crippen LogP contribution is -2.42. The first kappa shape index (κ1) is 20.6. The van der Waals surface area contributed by atoms with Gasteiger partial charge in [0.1, 0.15) is 0 Å². The van der Waals surface area contributed by atoms with Crippen molar-refractivity contribution < 1.29 is 19.1 Å². The van der Waals surface area contributed by atoms with Crippen LogP contribution in [0.2, 0.25) is 0 Å². The van der Waals surface area contributed by atoms with E-state index in [0.717, 1.165) is 24.8 Å². The molecule has 2 aromatic rings. The quantitative estimate of drug-likeness (QED) is 0.450. The van der Waals surface area contributed by atoms with Crippen molar-refractivity contribution >= 4 is 11.9 Å². The number of carbonyl (C=O) groups excluding carboxylic acids is 2. The lowest BCUT2D eigenvalue weighted by molar-refractivity contribution is -0.132. The summed E-state index contributed by atoms with van der Waals surface area (Å²) in [5, 5.41) is 3.13. The molecule has 1 fully saturated rings. The van der Waals surface area contributed by atoms with Crippen LogP contribution in [0.5, 0.6) is 11.5 Å². The number of nitrogens with one attached hydrogen (secondary N) is 1. The summed E-state index contributed by atoms with van der Waals surface area (Å²) in [6.45, 7) is 4.95. The molecule has 1 aliphatic carbocycles. The number of esters is 1. The molecule has 0 aromatic heterocycles. The fraction of sp³-hybridized carbons (Fsp3) is 0.333. The Morgan fingerprint density at radius 1 is 1.07 bits per heavy atom. The molecule has 0 heterocycles. The summed E-state index contributed by atoms with van der Waals surface area (Å²) in [5.74, 6) is 0.719. The lowest BCUT2D eigenvalue weighted by Gasteiger charge is -2.39. The van der Waals surface area contributed by atoms with Crippen LogP contribution in [0.1, 0.15) is 49.1 Å². The van der Waals surface area contributed by atoms with Crippen LogP contribution in [-0.4, -0.2) is 25.0 Å². The maximum absolute atomic E-state index is 12.1. The van der Waals surface area contributed by atoms with E-state index in [1.54, 1.807) is 13.2 Å². The summed E-state index contributed by atoms with van der Waals surface area (Å²) in [6, 6.07) is 16.0. The predicted molar refractivity (Wildman–Crippen MR) is 112 cm³/mol. The van der Waals surface area contributed by atoms with E-state index in [4.69, 9.17) is 9.47 Å². The van der Waals surface area contributed by atoms with Gasteiger partial charge in [0, 0.05) is 18.9 Å². The molecule has 1 amide bonds. The zero-order valence-electron chi connectivity index (χ0n) is 16.9. The molecule has 0 saturated heterocycles. The second kappa shape index (κ2) is 9.41. The van der Waals surface area contributed by atoms with E-state index >= 15 is 0 Å². The normalized spacial score (nSPS) is 21.1. The second-order valence-electron chi connectivity index (χ2n) is 7.30. The third-order valence-electron chi connectivity index (χ3n) is 5.46. The molecule has 152 valence electrons. The molecule has 0 radical (unpaired) electrons. The molecular weight excluding hydrogens is 366 g/mol. The number of ether oxygens (including phenoxy) is 2. The van der Waals surface area contributed by atoms with Crippen LogP contribution < -0.4 is 14.8 Å². The summed E-state index contributed by atoms with van der Waals surface area (Å²) in [4.78, 5) is 23.4. The number of amides is 1. The fourth-order valence-corrected chi connectivity index (χ4v) is 4.27. The van der Waals surface area contributed by atoms with Gasteiger partial charge in [0.05, 0.1) is 7.11 Å². The van der Waals surface area contributed by atoms with Gasteiger partial charge < -0.3 is 14.8 Å². The van der Waals surface area contributed by atoms with Gasteiger partial charge in [-0.05, 0) is 48.1 Å². The highest BCUT2D eigenvalue weighted by atomic mass is 16.6. The van der Waals surface area contributed by atoms with Crippen molar-refractivity contribution in [3.05, 3.63) is 72.3 Å². The Morgan fingerprint density at radius 3 is 2.48 bits per heavy atom. The minimum absolute atomic E-state index is 0.0146. The molecule has 1 saturated carbocycles. The summed E-state index contributed by atoms with van der Waals surface area (Å²) >= 11 is 0. The van der Waals surface area contributed by atoms with Crippen molar-refractivity contribution in [2.45, 2.75) is 44.1 Å². The Bertz CT molecular complexity index is 878. The smallest absolute Gasteiger partial charge is 0.308 e. The minimum atomic E-state index is -0.386. The van der Waals surface area contributed by atoms with Crippen LogP contribution in [0.25, 0.3) is 0 Å². The largest absolute Gasteiger partial charge is 0.493 e. The van der Waals surface area contributed by atoms with Gasteiger partial charge in [-0.15, -0.1) is 0 Å². The average Bonchev–Trinajstić information content (AvgIpc) is 2.74. The zero-order valence-corrected chi connectivity index (χ0v) is 16.9. The van der Waals surface area contributed by atoms with Crippen LogP contribution in [0.3, 0.4) is 0 Å². The summed E-state index contributed by atoms with van der Waals surface area (Å²) in [6.07, 6.45) is 4.24. The van der Waals surface area contributed by atoms with E-state index in [2.05, 4.69) is 24.0 Å². The molecule has 1 aliphatic rings. The van der Waals surface area contributed by atoms with E-state index in [0.29, 0.717) is 11.5 Å². The van der Waals surface area contributed by atoms with Crippen molar-refractivity contribution in [3.63, 3.8) is 0 Å². The lowest BCUT2D eigenvalue weighted by atomic mass is 9.69. The minimum Gasteiger partial charge on any atom is -0.493 e. The van der Waals surface area contributed by atoms with E-state index < -0.39 is 0 Å². The van der Waals surface area contributed by atoms with Crippen LogP contribution in [-0.2, 0) is 9.59 Å². The predicted octanol–water partition coefficient (Wildman–Crippen LogP) is 4.34. The molecule has 0 spiro atoms. The monoisotopic (exact) mass is 393 g/mol. The van der Waals surface area contributed by atoms with Gasteiger partial charge in [0.2, 0.25) is 5.91 Å². The first-order valence-electron chi connectivity index (χ1n) is 9.87. The highest BCUT2D eigenvalue weighted by Crippen LogP contribution is 2.45. The van der Waals surface area contributed by atoms with E-state index in [1.807, 2.05) is 30.3 Å². The highest BCUT2D eigenvalue weighted by Gasteiger charge is 2.36. The van der Waals surface area contributed by atoms with Crippen molar-refractivity contribution in [1.29, 1.82) is 0 Å². The van der Waals surface area contributed by atoms with Crippen molar-refractivity contribution in [3.8, 4) is 11.5 Å². The summed E-state index contributed by atoms with van der Waals surface area (Å²) in [7, 11) is 1.56. The summed E-state index contributed by atoms with van der Waals surface area (Å²) < 4.78 is 10.7. The van der Waals surface area contributed by atoms with Crippen LogP contribution >= 0.6 is 0 Å². The maximum atomic E-state index is 12.1. The topological polar surface area (TPSA) is 64.6 Å². The number of hydrogen-bond donors (Lipinski definition) is 1. The molecule has 5 nitrogen and oxygen atoms in total. The van der Waals surface area contributed by atoms with Crippen LogP contribution in [0, 0.1) is 0 Å². The number of rotatable bonds is 6. The van der Waals surface area contributed by atoms with Crippen molar-refractivity contribution in [1.82, 2.24) is 5.32 Å². The average molecular weight is 393 g/mol. The van der Waals surface area contributed by atoms with Gasteiger partial charge in [0.15, 0.2) is 11.5 Å². The Morgan fingerprint density at radius 2 is 1.83 bits per heavy atom. The van der Waals surface area contributed by atoms with Gasteiger partial charge in [-0.3, -0.25) is 9.59 Å². The first-order chi connectivity index (χ1) is 14.0.